The first kappa shape index (κ1) is 20.5. The van der Waals surface area contributed by atoms with E-state index in [0.29, 0.717) is 10.2 Å². The van der Waals surface area contributed by atoms with Crippen LogP contribution in [-0.4, -0.2) is 20.5 Å². The molecule has 3 aromatic rings. The Balaban J connectivity index is 1.96. The quantitative estimate of drug-likeness (QED) is 0.576. The average Bonchev–Trinajstić information content (AvgIpc) is 2.67. The molecule has 0 saturated carbocycles. The standard InChI is InChI=1S/C21H21BrN2O3S/c1-21(2,24-28(25,26)18-9-5-8-17(22)13-18)16-7-4-6-15(12-16)19-10-11-23-14-20(19)27-3/h4-14,24H,1-3H3. The predicted octanol–water partition coefficient (Wildman–Crippen LogP) is 4.73. The summed E-state index contributed by atoms with van der Waals surface area (Å²) in [5, 5.41) is 0. The molecule has 1 aromatic heterocycles. The minimum Gasteiger partial charge on any atom is -0.494 e. The molecule has 5 nitrogen and oxygen atoms in total. The Morgan fingerprint density at radius 3 is 2.54 bits per heavy atom. The van der Waals surface area contributed by atoms with Crippen LogP contribution in [0.1, 0.15) is 19.4 Å². The number of aromatic nitrogens is 1. The largest absolute Gasteiger partial charge is 0.494 e. The van der Waals surface area contributed by atoms with E-state index in [1.54, 1.807) is 43.8 Å². The second kappa shape index (κ2) is 8.03. The number of benzene rings is 2. The zero-order valence-electron chi connectivity index (χ0n) is 15.8. The van der Waals surface area contributed by atoms with Gasteiger partial charge in [0.25, 0.3) is 0 Å². The number of ether oxygens (including phenoxy) is 1. The highest BCUT2D eigenvalue weighted by Gasteiger charge is 2.28. The van der Waals surface area contributed by atoms with Gasteiger partial charge in [-0.1, -0.05) is 40.2 Å². The van der Waals surface area contributed by atoms with Crippen molar-refractivity contribution in [3.8, 4) is 16.9 Å². The van der Waals surface area contributed by atoms with Gasteiger partial charge in [-0.25, -0.2) is 13.1 Å². The lowest BCUT2D eigenvalue weighted by atomic mass is 9.92. The summed E-state index contributed by atoms with van der Waals surface area (Å²) in [7, 11) is -2.10. The smallest absolute Gasteiger partial charge is 0.241 e. The van der Waals surface area contributed by atoms with Crippen LogP contribution in [0.4, 0.5) is 0 Å². The van der Waals surface area contributed by atoms with E-state index in [-0.39, 0.29) is 4.90 Å². The Morgan fingerprint density at radius 1 is 1.07 bits per heavy atom. The summed E-state index contributed by atoms with van der Waals surface area (Å²) in [6.07, 6.45) is 3.36. The molecule has 0 bridgehead atoms. The SMILES string of the molecule is COc1cnccc1-c1cccc(C(C)(C)NS(=O)(=O)c2cccc(Br)c2)c1. The monoisotopic (exact) mass is 460 g/mol. The highest BCUT2D eigenvalue weighted by Crippen LogP contribution is 2.32. The van der Waals surface area contributed by atoms with Crippen LogP contribution in [0.15, 0.2) is 76.4 Å². The molecule has 0 aliphatic carbocycles. The molecule has 0 aliphatic rings. The Hall–Kier alpha value is -2.22. The van der Waals surface area contributed by atoms with E-state index >= 15 is 0 Å². The van der Waals surface area contributed by atoms with Crippen LogP contribution in [0.2, 0.25) is 0 Å². The zero-order chi connectivity index (χ0) is 20.4. The normalized spacial score (nSPS) is 12.0. The van der Waals surface area contributed by atoms with Gasteiger partial charge in [-0.3, -0.25) is 4.98 Å². The lowest BCUT2D eigenvalue weighted by Crippen LogP contribution is -2.40. The summed E-state index contributed by atoms with van der Waals surface area (Å²) in [5.74, 6) is 0.659. The van der Waals surface area contributed by atoms with Crippen molar-refractivity contribution in [3.05, 3.63) is 77.0 Å². The van der Waals surface area contributed by atoms with Crippen molar-refractivity contribution < 1.29 is 13.2 Å². The van der Waals surface area contributed by atoms with Crippen LogP contribution in [-0.2, 0) is 15.6 Å². The molecule has 7 heteroatoms. The Labute approximate surface area is 174 Å². The first-order chi connectivity index (χ1) is 13.2. The third-order valence-electron chi connectivity index (χ3n) is 4.40. The summed E-state index contributed by atoms with van der Waals surface area (Å²) in [4.78, 5) is 4.29. The van der Waals surface area contributed by atoms with Crippen LogP contribution in [0.25, 0.3) is 11.1 Å². The number of hydrogen-bond acceptors (Lipinski definition) is 4. The molecule has 0 fully saturated rings. The highest BCUT2D eigenvalue weighted by atomic mass is 79.9. The molecule has 0 aliphatic heterocycles. The van der Waals surface area contributed by atoms with Gasteiger partial charge in [0.1, 0.15) is 5.75 Å². The van der Waals surface area contributed by atoms with E-state index in [0.717, 1.165) is 16.7 Å². The molecule has 0 radical (unpaired) electrons. The molecule has 28 heavy (non-hydrogen) atoms. The van der Waals surface area contributed by atoms with Gasteiger partial charge in [-0.15, -0.1) is 0 Å². The molecule has 0 atom stereocenters. The maximum absolute atomic E-state index is 12.9. The fraction of sp³-hybridized carbons (Fsp3) is 0.190. The lowest BCUT2D eigenvalue weighted by Gasteiger charge is -2.27. The number of methoxy groups -OCH3 is 1. The first-order valence-electron chi connectivity index (χ1n) is 8.61. The molecule has 0 unspecified atom stereocenters. The first-order valence-corrected chi connectivity index (χ1v) is 10.9. The summed E-state index contributed by atoms with van der Waals surface area (Å²) in [6.45, 7) is 3.68. The fourth-order valence-corrected chi connectivity index (χ4v) is 4.94. The maximum Gasteiger partial charge on any atom is 0.241 e. The van der Waals surface area contributed by atoms with E-state index in [1.807, 2.05) is 44.2 Å². The number of rotatable bonds is 6. The molecular formula is C21H21BrN2O3S. The van der Waals surface area contributed by atoms with Crippen molar-refractivity contribution in [2.75, 3.05) is 7.11 Å². The van der Waals surface area contributed by atoms with Crippen molar-refractivity contribution >= 4 is 26.0 Å². The van der Waals surface area contributed by atoms with E-state index in [9.17, 15) is 8.42 Å². The number of hydrogen-bond donors (Lipinski definition) is 1. The fourth-order valence-electron chi connectivity index (χ4n) is 2.94. The van der Waals surface area contributed by atoms with Crippen molar-refractivity contribution in [2.24, 2.45) is 0 Å². The highest BCUT2D eigenvalue weighted by molar-refractivity contribution is 9.10. The molecule has 1 heterocycles. The van der Waals surface area contributed by atoms with Gasteiger partial charge >= 0.3 is 0 Å². The van der Waals surface area contributed by atoms with Crippen LogP contribution >= 0.6 is 15.9 Å². The molecule has 3 rings (SSSR count). The van der Waals surface area contributed by atoms with Crippen molar-refractivity contribution in [1.29, 1.82) is 0 Å². The molecule has 0 saturated heterocycles. The Morgan fingerprint density at radius 2 is 1.82 bits per heavy atom. The molecule has 146 valence electrons. The van der Waals surface area contributed by atoms with E-state index in [4.69, 9.17) is 4.74 Å². The van der Waals surface area contributed by atoms with Crippen molar-refractivity contribution in [1.82, 2.24) is 9.71 Å². The second-order valence-corrected chi connectivity index (χ2v) is 9.44. The average molecular weight is 461 g/mol. The summed E-state index contributed by atoms with van der Waals surface area (Å²) in [5.41, 5.74) is 1.83. The topological polar surface area (TPSA) is 68.3 Å². The molecule has 0 amide bonds. The van der Waals surface area contributed by atoms with E-state index in [2.05, 4.69) is 25.6 Å². The van der Waals surface area contributed by atoms with E-state index in [1.165, 1.54) is 0 Å². The van der Waals surface area contributed by atoms with Gasteiger partial charge in [-0.05, 0) is 55.3 Å². The number of pyridine rings is 1. The molecular weight excluding hydrogens is 440 g/mol. The van der Waals surface area contributed by atoms with Gasteiger partial charge < -0.3 is 4.74 Å². The number of halogens is 1. The van der Waals surface area contributed by atoms with Gasteiger partial charge in [0.2, 0.25) is 10.0 Å². The van der Waals surface area contributed by atoms with Crippen LogP contribution in [0.3, 0.4) is 0 Å². The van der Waals surface area contributed by atoms with Crippen molar-refractivity contribution in [2.45, 2.75) is 24.3 Å². The van der Waals surface area contributed by atoms with E-state index < -0.39 is 15.6 Å². The third-order valence-corrected chi connectivity index (χ3v) is 6.54. The minimum absolute atomic E-state index is 0.210. The maximum atomic E-state index is 12.9. The predicted molar refractivity (Wildman–Crippen MR) is 114 cm³/mol. The number of nitrogens with zero attached hydrogens (tertiary/aromatic N) is 1. The Kier molecular flexibility index (Phi) is 5.88. The van der Waals surface area contributed by atoms with Crippen LogP contribution in [0, 0.1) is 0 Å². The molecule has 2 aromatic carbocycles. The number of nitrogens with one attached hydrogen (secondary N) is 1. The van der Waals surface area contributed by atoms with Gasteiger partial charge in [0.05, 0.1) is 23.7 Å². The Bertz CT molecular complexity index is 1100. The summed E-state index contributed by atoms with van der Waals surface area (Å²) >= 11 is 3.32. The second-order valence-electron chi connectivity index (χ2n) is 6.84. The minimum atomic E-state index is -3.69. The van der Waals surface area contributed by atoms with Crippen LogP contribution < -0.4 is 9.46 Å². The molecule has 0 spiro atoms. The zero-order valence-corrected chi connectivity index (χ0v) is 18.2. The van der Waals surface area contributed by atoms with Crippen molar-refractivity contribution in [3.63, 3.8) is 0 Å². The lowest BCUT2D eigenvalue weighted by molar-refractivity contribution is 0.414. The van der Waals surface area contributed by atoms with Crippen LogP contribution in [0.5, 0.6) is 5.75 Å². The third kappa shape index (κ3) is 4.43. The molecule has 1 N–H and O–H groups in total. The van der Waals surface area contributed by atoms with Gasteiger partial charge in [0, 0.05) is 16.2 Å². The summed E-state index contributed by atoms with van der Waals surface area (Å²) in [6, 6.07) is 16.2. The van der Waals surface area contributed by atoms with Gasteiger partial charge in [0.15, 0.2) is 0 Å². The summed E-state index contributed by atoms with van der Waals surface area (Å²) < 4.78 is 34.6. The number of sulfonamides is 1. The van der Waals surface area contributed by atoms with Gasteiger partial charge in [-0.2, -0.15) is 0 Å².